The van der Waals surface area contributed by atoms with E-state index in [9.17, 15) is 29.7 Å². The maximum atomic E-state index is 12.5. The normalized spacial score (nSPS) is 15.1. The molecule has 1 heterocycles. The van der Waals surface area contributed by atoms with Gasteiger partial charge in [0.2, 0.25) is 0 Å². The molecule has 1 saturated heterocycles. The van der Waals surface area contributed by atoms with E-state index in [1.807, 2.05) is 0 Å². The van der Waals surface area contributed by atoms with Gasteiger partial charge in [0, 0.05) is 25.1 Å². The summed E-state index contributed by atoms with van der Waals surface area (Å²) in [5.74, 6) is -3.05. The third-order valence-corrected chi connectivity index (χ3v) is 4.72. The predicted octanol–water partition coefficient (Wildman–Crippen LogP) is -3.82. The van der Waals surface area contributed by atoms with Gasteiger partial charge in [0.25, 0.3) is 5.91 Å². The fourth-order valence-corrected chi connectivity index (χ4v) is 3.23. The van der Waals surface area contributed by atoms with Crippen LogP contribution in [-0.4, -0.2) is 57.3 Å². The minimum Gasteiger partial charge on any atom is -1.00 e. The van der Waals surface area contributed by atoms with Crippen LogP contribution in [0.2, 0.25) is 0 Å². The topological polar surface area (TPSA) is 115 Å². The second kappa shape index (κ2) is 12.9. The minimum atomic E-state index is -1.26. The summed E-state index contributed by atoms with van der Waals surface area (Å²) < 4.78 is 0. The first-order valence-electron chi connectivity index (χ1n) is 8.96. The molecule has 0 unspecified atom stereocenters. The molecule has 0 aromatic heterocycles. The summed E-state index contributed by atoms with van der Waals surface area (Å²) in [7, 11) is 0. The number of hydrogen-bond acceptors (Lipinski definition) is 4. The number of aliphatic carboxylic acids is 2. The molecule has 0 saturated carbocycles. The molecule has 150 valence electrons. The third-order valence-electron chi connectivity index (χ3n) is 4.72. The smallest absolute Gasteiger partial charge is 1.00 e. The van der Waals surface area contributed by atoms with Crippen LogP contribution in [0.5, 0.6) is 0 Å². The molecule has 7 nitrogen and oxygen atoms in total. The minimum absolute atomic E-state index is 0. The molecule has 0 bridgehead atoms. The first kappa shape index (κ1) is 28.3. The molecular weight excluding hydrogens is 396 g/mol. The van der Waals surface area contributed by atoms with Crippen LogP contribution in [0.4, 0.5) is 0 Å². The molecule has 1 amide bonds. The number of nitrogens with zero attached hydrogens (tertiary/aromatic N) is 1. The first-order chi connectivity index (χ1) is 12.7. The van der Waals surface area contributed by atoms with Crippen molar-refractivity contribution >= 4 is 17.8 Å². The van der Waals surface area contributed by atoms with E-state index in [1.165, 1.54) is 0 Å². The van der Waals surface area contributed by atoms with Crippen LogP contribution in [0, 0.1) is 5.92 Å². The van der Waals surface area contributed by atoms with E-state index in [0.717, 1.165) is 0 Å². The number of carboxylic acids is 2. The number of carbonyl (C=O) groups is 3. The van der Waals surface area contributed by atoms with Crippen molar-refractivity contribution in [1.29, 1.82) is 0 Å². The van der Waals surface area contributed by atoms with Crippen molar-refractivity contribution in [2.75, 3.05) is 13.1 Å². The van der Waals surface area contributed by atoms with Crippen molar-refractivity contribution in [3.8, 4) is 0 Å². The van der Waals surface area contributed by atoms with Gasteiger partial charge in [-0.25, -0.2) is 9.59 Å². The maximum absolute atomic E-state index is 12.5. The van der Waals surface area contributed by atoms with Crippen LogP contribution in [0.25, 0.3) is 0 Å². The quantitative estimate of drug-likeness (QED) is 0.319. The molecule has 3 N–H and O–H groups in total. The summed E-state index contributed by atoms with van der Waals surface area (Å²) in [5.41, 5.74) is 0.840. The maximum Gasteiger partial charge on any atom is 1.00 e. The molecule has 0 aliphatic carbocycles. The monoisotopic (exact) mass is 423 g/mol. The molecular formula is C20H27NNa2O6. The summed E-state index contributed by atoms with van der Waals surface area (Å²) >= 11 is 0. The van der Waals surface area contributed by atoms with Crippen LogP contribution in [0.3, 0.4) is 0 Å². The fraction of sp³-hybridized carbons (Fsp3) is 0.450. The average molecular weight is 423 g/mol. The molecule has 29 heavy (non-hydrogen) atoms. The molecule has 1 aliphatic heterocycles. The van der Waals surface area contributed by atoms with Gasteiger partial charge in [-0.3, -0.25) is 4.79 Å². The predicted molar refractivity (Wildman–Crippen MR) is 101 cm³/mol. The van der Waals surface area contributed by atoms with Crippen LogP contribution < -0.4 is 59.1 Å². The Morgan fingerprint density at radius 3 is 1.97 bits per heavy atom. The van der Waals surface area contributed by atoms with Crippen molar-refractivity contribution < 1.29 is 91.7 Å². The van der Waals surface area contributed by atoms with Gasteiger partial charge in [-0.2, -0.15) is 0 Å². The number of likely N-dealkylation sites (tertiary alicyclic amines) is 1. The fourth-order valence-electron chi connectivity index (χ4n) is 3.23. The van der Waals surface area contributed by atoms with Gasteiger partial charge in [0.05, 0.1) is 17.3 Å². The molecule has 1 aliphatic rings. The van der Waals surface area contributed by atoms with Crippen LogP contribution in [-0.2, 0) is 16.0 Å². The number of hydrogen-bond donors (Lipinski definition) is 3. The molecule has 1 aromatic rings. The Hall–Kier alpha value is -0.670. The number of carboxylic acid groups (broad SMARTS) is 2. The number of aliphatic hydroxyl groups excluding tert-OH is 1. The molecule has 0 spiro atoms. The van der Waals surface area contributed by atoms with Crippen LogP contribution in [0.1, 0.15) is 45.5 Å². The molecule has 1 aromatic carbocycles. The molecule has 0 radical (unpaired) electrons. The van der Waals surface area contributed by atoms with Gasteiger partial charge in [0.15, 0.2) is 0 Å². The second-order valence-corrected chi connectivity index (χ2v) is 7.05. The molecule has 9 heteroatoms. The Kier molecular flexibility index (Phi) is 12.6. The zero-order valence-electron chi connectivity index (χ0n) is 19.5. The first-order valence-corrected chi connectivity index (χ1v) is 8.96. The van der Waals surface area contributed by atoms with Crippen LogP contribution in [0.15, 0.2) is 35.4 Å². The van der Waals surface area contributed by atoms with E-state index in [2.05, 4.69) is 0 Å². The van der Waals surface area contributed by atoms with Crippen LogP contribution >= 0.6 is 0 Å². The van der Waals surface area contributed by atoms with Gasteiger partial charge in [-0.15, -0.1) is 0 Å². The van der Waals surface area contributed by atoms with Gasteiger partial charge in [-0.1, -0.05) is 26.0 Å². The van der Waals surface area contributed by atoms with E-state index >= 15 is 0 Å². The van der Waals surface area contributed by atoms with Gasteiger partial charge >= 0.3 is 71.1 Å². The molecule has 2 rings (SSSR count). The Morgan fingerprint density at radius 1 is 1.03 bits per heavy atom. The molecule has 0 atom stereocenters. The zero-order valence-corrected chi connectivity index (χ0v) is 21.5. The van der Waals surface area contributed by atoms with E-state index in [4.69, 9.17) is 0 Å². The standard InChI is InChI=1S/C20H25NO6.2Na.2H/c1-12(2)17(20(26)27)16(19(24)25)11-13-3-5-14(6-4-13)18(23)21-9-7-15(22)8-10-21;;;;/h3-6,12,15,22H,7-11H2,1-2H3,(H,24,25)(H,26,27);;;;/q;2*+1;2*-1/b17-16-;;;;. The average Bonchev–Trinajstić information content (AvgIpc) is 2.61. The SMILES string of the molecule is CC(C)/C(C(=O)O)=C(\Cc1ccc(C(=O)N2CCC(O)CC2)cc1)C(=O)O.[H-].[H-].[Na+].[Na+]. The number of amides is 1. The summed E-state index contributed by atoms with van der Waals surface area (Å²) in [4.78, 5) is 37.2. The second-order valence-electron chi connectivity index (χ2n) is 7.05. The Morgan fingerprint density at radius 2 is 1.55 bits per heavy atom. The summed E-state index contributed by atoms with van der Waals surface area (Å²) in [6, 6.07) is 6.54. The number of piperidine rings is 1. The Labute approximate surface area is 217 Å². The zero-order chi connectivity index (χ0) is 20.1. The van der Waals surface area contributed by atoms with Crippen molar-refractivity contribution in [1.82, 2.24) is 4.90 Å². The third kappa shape index (κ3) is 7.83. The van der Waals surface area contributed by atoms with Gasteiger partial charge in [-0.05, 0) is 36.5 Å². The number of rotatable bonds is 6. The van der Waals surface area contributed by atoms with Gasteiger partial charge in [0.1, 0.15) is 0 Å². The summed E-state index contributed by atoms with van der Waals surface area (Å²) in [6.07, 6.45) is 0.731. The van der Waals surface area contributed by atoms with E-state index < -0.39 is 17.9 Å². The van der Waals surface area contributed by atoms with Crippen molar-refractivity contribution in [2.45, 2.75) is 39.2 Å². The van der Waals surface area contributed by atoms with E-state index in [1.54, 1.807) is 43.0 Å². The van der Waals surface area contributed by atoms with Crippen molar-refractivity contribution in [3.05, 3.63) is 46.5 Å². The van der Waals surface area contributed by atoms with Crippen molar-refractivity contribution in [3.63, 3.8) is 0 Å². The summed E-state index contributed by atoms with van der Waals surface area (Å²) in [5, 5.41) is 28.3. The molecule has 1 fully saturated rings. The Balaban J connectivity index is -0.00000196. The number of carbonyl (C=O) groups excluding carboxylic acids is 1. The number of aliphatic hydroxyl groups is 1. The Bertz CT molecular complexity index is 763. The van der Waals surface area contributed by atoms with Crippen molar-refractivity contribution in [2.24, 2.45) is 5.92 Å². The van der Waals surface area contributed by atoms with E-state index in [0.29, 0.717) is 37.1 Å². The van der Waals surface area contributed by atoms with Gasteiger partial charge < -0.3 is 23.1 Å². The largest absolute Gasteiger partial charge is 1.00 e. The summed E-state index contributed by atoms with van der Waals surface area (Å²) in [6.45, 7) is 4.29. The number of benzene rings is 1. The van der Waals surface area contributed by atoms with E-state index in [-0.39, 0.29) is 91.5 Å².